The largest absolute Gasteiger partial charge is 0.479 e. The van der Waals surface area contributed by atoms with Crippen molar-refractivity contribution in [2.75, 3.05) is 18.6 Å². The van der Waals surface area contributed by atoms with Crippen molar-refractivity contribution in [2.24, 2.45) is 5.92 Å². The van der Waals surface area contributed by atoms with Crippen LogP contribution in [0.1, 0.15) is 16.9 Å². The lowest BCUT2D eigenvalue weighted by Gasteiger charge is -2.08. The van der Waals surface area contributed by atoms with Crippen molar-refractivity contribution in [1.82, 2.24) is 9.97 Å². The van der Waals surface area contributed by atoms with Crippen LogP contribution in [0.25, 0.3) is 0 Å². The SMILES string of the molecule is COc1nccnc1C(=O)C1CCSC1. The first-order chi connectivity index (χ1) is 7.33. The van der Waals surface area contributed by atoms with Crippen LogP contribution in [0.4, 0.5) is 0 Å². The Bertz CT molecular complexity index is 364. The number of Topliss-reactive ketones (excluding diaryl/α,β-unsaturated/α-hetero) is 1. The van der Waals surface area contributed by atoms with Crippen LogP contribution in [0.5, 0.6) is 5.88 Å². The summed E-state index contributed by atoms with van der Waals surface area (Å²) in [4.78, 5) is 20.1. The Balaban J connectivity index is 2.24. The van der Waals surface area contributed by atoms with E-state index in [4.69, 9.17) is 4.74 Å². The third kappa shape index (κ3) is 2.12. The molecule has 0 aliphatic carbocycles. The van der Waals surface area contributed by atoms with Crippen molar-refractivity contribution in [3.63, 3.8) is 0 Å². The van der Waals surface area contributed by atoms with Crippen molar-refractivity contribution < 1.29 is 9.53 Å². The zero-order chi connectivity index (χ0) is 10.7. The van der Waals surface area contributed by atoms with Crippen LogP contribution >= 0.6 is 11.8 Å². The minimum Gasteiger partial charge on any atom is -0.479 e. The first-order valence-corrected chi connectivity index (χ1v) is 5.95. The van der Waals surface area contributed by atoms with E-state index >= 15 is 0 Å². The third-order valence-electron chi connectivity index (χ3n) is 2.39. The summed E-state index contributed by atoms with van der Waals surface area (Å²) in [5, 5.41) is 0. The zero-order valence-corrected chi connectivity index (χ0v) is 9.29. The molecule has 1 saturated heterocycles. The minimum atomic E-state index is 0.0601. The van der Waals surface area contributed by atoms with E-state index in [0.29, 0.717) is 11.6 Å². The highest BCUT2D eigenvalue weighted by molar-refractivity contribution is 7.99. The lowest BCUT2D eigenvalue weighted by Crippen LogP contribution is -2.16. The number of ether oxygens (including phenoxy) is 1. The average molecular weight is 224 g/mol. The molecule has 15 heavy (non-hydrogen) atoms. The number of carbonyl (C=O) groups is 1. The molecule has 4 nitrogen and oxygen atoms in total. The standard InChI is InChI=1S/C10H12N2O2S/c1-14-10-8(11-3-4-12-10)9(13)7-2-5-15-6-7/h3-4,7H,2,5-6H2,1H3. The van der Waals surface area contributed by atoms with Gasteiger partial charge >= 0.3 is 0 Å². The minimum absolute atomic E-state index is 0.0601. The number of thioether (sulfide) groups is 1. The summed E-state index contributed by atoms with van der Waals surface area (Å²) in [6, 6.07) is 0. The van der Waals surface area contributed by atoms with Crippen LogP contribution in [-0.4, -0.2) is 34.4 Å². The maximum absolute atomic E-state index is 12.0. The van der Waals surface area contributed by atoms with Gasteiger partial charge in [-0.1, -0.05) is 0 Å². The Kier molecular flexibility index (Phi) is 3.20. The summed E-state index contributed by atoms with van der Waals surface area (Å²) in [7, 11) is 1.50. The van der Waals surface area contributed by atoms with Crippen molar-refractivity contribution >= 4 is 17.5 Å². The fraction of sp³-hybridized carbons (Fsp3) is 0.500. The number of ketones is 1. The van der Waals surface area contributed by atoms with Crippen LogP contribution in [0.2, 0.25) is 0 Å². The molecule has 0 spiro atoms. The number of methoxy groups -OCH3 is 1. The van der Waals surface area contributed by atoms with Gasteiger partial charge in [0, 0.05) is 24.1 Å². The van der Waals surface area contributed by atoms with E-state index in [1.165, 1.54) is 19.5 Å². The molecule has 0 radical (unpaired) electrons. The lowest BCUT2D eigenvalue weighted by atomic mass is 10.0. The molecule has 2 rings (SSSR count). The number of aromatic nitrogens is 2. The Morgan fingerprint density at radius 3 is 3.00 bits per heavy atom. The van der Waals surface area contributed by atoms with Gasteiger partial charge in [0.2, 0.25) is 5.88 Å². The highest BCUT2D eigenvalue weighted by Gasteiger charge is 2.27. The molecule has 2 heterocycles. The Labute approximate surface area is 92.5 Å². The van der Waals surface area contributed by atoms with E-state index in [-0.39, 0.29) is 11.7 Å². The average Bonchev–Trinajstić information content (AvgIpc) is 2.81. The normalized spacial score (nSPS) is 20.2. The van der Waals surface area contributed by atoms with Crippen LogP contribution < -0.4 is 4.74 Å². The van der Waals surface area contributed by atoms with Crippen LogP contribution in [0.15, 0.2) is 12.4 Å². The van der Waals surface area contributed by atoms with E-state index in [0.717, 1.165) is 17.9 Å². The van der Waals surface area contributed by atoms with Gasteiger partial charge in [-0.2, -0.15) is 11.8 Å². The van der Waals surface area contributed by atoms with Gasteiger partial charge in [-0.25, -0.2) is 9.97 Å². The lowest BCUT2D eigenvalue weighted by molar-refractivity contribution is 0.0924. The molecule has 5 heteroatoms. The van der Waals surface area contributed by atoms with Gasteiger partial charge in [0.25, 0.3) is 0 Å². The topological polar surface area (TPSA) is 52.1 Å². The monoisotopic (exact) mass is 224 g/mol. The predicted molar refractivity (Wildman–Crippen MR) is 58.3 cm³/mol. The van der Waals surface area contributed by atoms with Gasteiger partial charge in [0.15, 0.2) is 11.5 Å². The highest BCUT2D eigenvalue weighted by atomic mass is 32.2. The second-order valence-corrected chi connectivity index (χ2v) is 4.49. The first kappa shape index (κ1) is 10.4. The molecule has 1 aromatic heterocycles. The molecule has 1 atom stereocenters. The van der Waals surface area contributed by atoms with Gasteiger partial charge in [-0.15, -0.1) is 0 Å². The Morgan fingerprint density at radius 1 is 1.53 bits per heavy atom. The van der Waals surface area contributed by atoms with Crippen molar-refractivity contribution in [1.29, 1.82) is 0 Å². The molecular weight excluding hydrogens is 212 g/mol. The van der Waals surface area contributed by atoms with E-state index in [1.54, 1.807) is 0 Å². The fourth-order valence-electron chi connectivity index (χ4n) is 1.58. The molecular formula is C10H12N2O2S. The van der Waals surface area contributed by atoms with Gasteiger partial charge < -0.3 is 4.74 Å². The summed E-state index contributed by atoms with van der Waals surface area (Å²) < 4.78 is 5.02. The molecule has 0 amide bonds. The zero-order valence-electron chi connectivity index (χ0n) is 8.47. The summed E-state index contributed by atoms with van der Waals surface area (Å²) in [6.45, 7) is 0. The quantitative estimate of drug-likeness (QED) is 0.727. The molecule has 0 bridgehead atoms. The van der Waals surface area contributed by atoms with Crippen LogP contribution in [0, 0.1) is 5.92 Å². The molecule has 0 aromatic carbocycles. The Hall–Kier alpha value is -1.10. The second kappa shape index (κ2) is 4.61. The number of hydrogen-bond donors (Lipinski definition) is 0. The van der Waals surface area contributed by atoms with Crippen molar-refractivity contribution in [2.45, 2.75) is 6.42 Å². The second-order valence-electron chi connectivity index (χ2n) is 3.34. The highest BCUT2D eigenvalue weighted by Crippen LogP contribution is 2.27. The molecule has 1 unspecified atom stereocenters. The van der Waals surface area contributed by atoms with E-state index in [9.17, 15) is 4.79 Å². The first-order valence-electron chi connectivity index (χ1n) is 4.80. The van der Waals surface area contributed by atoms with Crippen LogP contribution in [-0.2, 0) is 0 Å². The number of hydrogen-bond acceptors (Lipinski definition) is 5. The van der Waals surface area contributed by atoms with Crippen LogP contribution in [0.3, 0.4) is 0 Å². The fourth-order valence-corrected chi connectivity index (χ4v) is 2.80. The van der Waals surface area contributed by atoms with Gasteiger partial charge in [0.1, 0.15) is 0 Å². The summed E-state index contributed by atoms with van der Waals surface area (Å²) in [6.07, 6.45) is 3.99. The molecule has 1 fully saturated rings. The van der Waals surface area contributed by atoms with Crippen molar-refractivity contribution in [3.05, 3.63) is 18.1 Å². The van der Waals surface area contributed by atoms with E-state index < -0.39 is 0 Å². The van der Waals surface area contributed by atoms with Gasteiger partial charge in [0.05, 0.1) is 7.11 Å². The van der Waals surface area contributed by atoms with E-state index in [1.807, 2.05) is 11.8 Å². The van der Waals surface area contributed by atoms with Crippen molar-refractivity contribution in [3.8, 4) is 5.88 Å². The molecule has 1 aromatic rings. The maximum Gasteiger partial charge on any atom is 0.243 e. The maximum atomic E-state index is 12.0. The number of carbonyl (C=O) groups excluding carboxylic acids is 1. The molecule has 80 valence electrons. The summed E-state index contributed by atoms with van der Waals surface area (Å²) >= 11 is 1.81. The van der Waals surface area contributed by atoms with Gasteiger partial charge in [-0.05, 0) is 12.2 Å². The molecule has 0 N–H and O–H groups in total. The predicted octanol–water partition coefficient (Wildman–Crippen LogP) is 1.42. The summed E-state index contributed by atoms with van der Waals surface area (Å²) in [5.41, 5.74) is 0.368. The van der Waals surface area contributed by atoms with E-state index in [2.05, 4.69) is 9.97 Å². The van der Waals surface area contributed by atoms with Gasteiger partial charge in [-0.3, -0.25) is 4.79 Å². The number of rotatable bonds is 3. The molecule has 1 aliphatic rings. The summed E-state index contributed by atoms with van der Waals surface area (Å²) in [5.74, 6) is 2.42. The smallest absolute Gasteiger partial charge is 0.243 e. The molecule has 0 saturated carbocycles. The third-order valence-corrected chi connectivity index (χ3v) is 3.55. The molecule has 1 aliphatic heterocycles. The number of nitrogens with zero attached hydrogens (tertiary/aromatic N) is 2. The Morgan fingerprint density at radius 2 is 2.33 bits per heavy atom.